The summed E-state index contributed by atoms with van der Waals surface area (Å²) in [6, 6.07) is 12.0. The summed E-state index contributed by atoms with van der Waals surface area (Å²) in [6.07, 6.45) is 4.61. The van der Waals surface area contributed by atoms with Crippen LogP contribution in [0.5, 0.6) is 5.75 Å². The van der Waals surface area contributed by atoms with Gasteiger partial charge in [0.15, 0.2) is 23.3 Å². The first kappa shape index (κ1) is 25.0. The second-order valence-electron chi connectivity index (χ2n) is 8.74. The van der Waals surface area contributed by atoms with E-state index in [1.807, 2.05) is 6.92 Å². The molecule has 3 aromatic carbocycles. The van der Waals surface area contributed by atoms with Gasteiger partial charge in [0.05, 0.1) is 19.3 Å². The topological polar surface area (TPSA) is 18.5 Å². The van der Waals surface area contributed by atoms with Gasteiger partial charge in [-0.25, -0.2) is 17.6 Å². The molecule has 0 spiro atoms. The third-order valence-corrected chi connectivity index (χ3v) is 6.50. The van der Waals surface area contributed by atoms with Gasteiger partial charge in [0.2, 0.25) is 0 Å². The van der Waals surface area contributed by atoms with Crippen LogP contribution in [0.1, 0.15) is 31.7 Å². The summed E-state index contributed by atoms with van der Waals surface area (Å²) in [6.45, 7) is 6.62. The molecule has 2 unspecified atom stereocenters. The van der Waals surface area contributed by atoms with Crippen molar-refractivity contribution in [1.29, 1.82) is 0 Å². The molecule has 3 aromatic rings. The predicted molar refractivity (Wildman–Crippen MR) is 129 cm³/mol. The van der Waals surface area contributed by atoms with Crippen molar-refractivity contribution < 1.29 is 27.0 Å². The minimum atomic E-state index is -1.22. The zero-order chi connectivity index (χ0) is 24.9. The fourth-order valence-corrected chi connectivity index (χ4v) is 4.47. The van der Waals surface area contributed by atoms with Crippen molar-refractivity contribution in [2.24, 2.45) is 5.92 Å². The normalized spacial score (nSPS) is 17.9. The van der Waals surface area contributed by atoms with Gasteiger partial charge in [-0.2, -0.15) is 0 Å². The molecule has 4 rings (SSSR count). The van der Waals surface area contributed by atoms with E-state index in [9.17, 15) is 17.6 Å². The molecule has 0 saturated carbocycles. The molecular formula is C29H28F4O2. The first-order valence-electron chi connectivity index (χ1n) is 11.9. The smallest absolute Gasteiger partial charge is 0.167 e. The van der Waals surface area contributed by atoms with Crippen LogP contribution in [0.3, 0.4) is 0 Å². The van der Waals surface area contributed by atoms with E-state index in [1.165, 1.54) is 24.3 Å². The van der Waals surface area contributed by atoms with Gasteiger partial charge in [-0.1, -0.05) is 42.5 Å². The summed E-state index contributed by atoms with van der Waals surface area (Å²) in [7, 11) is 0. The highest BCUT2D eigenvalue weighted by molar-refractivity contribution is 5.72. The molecule has 0 amide bonds. The Kier molecular flexibility index (Phi) is 7.91. The molecule has 1 aliphatic rings. The van der Waals surface area contributed by atoms with E-state index in [2.05, 4.69) is 6.58 Å². The average molecular weight is 485 g/mol. The largest absolute Gasteiger partial charge is 0.494 e. The van der Waals surface area contributed by atoms with Gasteiger partial charge >= 0.3 is 0 Å². The summed E-state index contributed by atoms with van der Waals surface area (Å²) in [5.41, 5.74) is 0.0562. The molecule has 0 bridgehead atoms. The van der Waals surface area contributed by atoms with Crippen LogP contribution in [0.25, 0.3) is 22.3 Å². The van der Waals surface area contributed by atoms with Gasteiger partial charge in [0.25, 0.3) is 0 Å². The van der Waals surface area contributed by atoms with Crippen molar-refractivity contribution in [1.82, 2.24) is 0 Å². The molecule has 0 N–H and O–H groups in total. The number of hydrogen-bond acceptors (Lipinski definition) is 2. The van der Waals surface area contributed by atoms with E-state index in [0.717, 1.165) is 12.8 Å². The van der Waals surface area contributed by atoms with Crippen molar-refractivity contribution >= 4 is 0 Å². The van der Waals surface area contributed by atoms with Gasteiger partial charge in [-0.05, 0) is 61.8 Å². The molecule has 6 heteroatoms. The molecule has 2 atom stereocenters. The maximum Gasteiger partial charge on any atom is 0.167 e. The molecule has 0 radical (unpaired) electrons. The molecule has 0 aliphatic carbocycles. The van der Waals surface area contributed by atoms with E-state index < -0.39 is 23.3 Å². The minimum Gasteiger partial charge on any atom is -0.494 e. The zero-order valence-electron chi connectivity index (χ0n) is 19.6. The van der Waals surface area contributed by atoms with Crippen molar-refractivity contribution in [3.63, 3.8) is 0 Å². The third-order valence-electron chi connectivity index (χ3n) is 6.50. The summed E-state index contributed by atoms with van der Waals surface area (Å²) in [5, 5.41) is 0. The summed E-state index contributed by atoms with van der Waals surface area (Å²) in [4.78, 5) is 0. The maximum atomic E-state index is 15.0. The van der Waals surface area contributed by atoms with Crippen LogP contribution in [0.4, 0.5) is 17.6 Å². The number of rotatable bonds is 8. The first-order valence-corrected chi connectivity index (χ1v) is 11.9. The summed E-state index contributed by atoms with van der Waals surface area (Å²) < 4.78 is 70.8. The lowest BCUT2D eigenvalue weighted by Crippen LogP contribution is -2.24. The second kappa shape index (κ2) is 11.1. The number of ether oxygens (including phenoxy) is 2. The van der Waals surface area contributed by atoms with E-state index in [4.69, 9.17) is 9.47 Å². The van der Waals surface area contributed by atoms with E-state index >= 15 is 0 Å². The Morgan fingerprint density at radius 2 is 1.49 bits per heavy atom. The number of benzene rings is 3. The third kappa shape index (κ3) is 5.43. The molecular weight excluding hydrogens is 456 g/mol. The van der Waals surface area contributed by atoms with Crippen LogP contribution in [0, 0.1) is 29.2 Å². The minimum absolute atomic E-state index is 0.0280. The Morgan fingerprint density at radius 3 is 2.11 bits per heavy atom. The van der Waals surface area contributed by atoms with Gasteiger partial charge in [-0.15, -0.1) is 6.58 Å². The molecule has 184 valence electrons. The Bertz CT molecular complexity index is 1180. The van der Waals surface area contributed by atoms with Crippen molar-refractivity contribution in [2.75, 3.05) is 13.2 Å². The van der Waals surface area contributed by atoms with Gasteiger partial charge in [0.1, 0.15) is 5.75 Å². The first-order chi connectivity index (χ1) is 16.9. The fraction of sp³-hybridized carbons (Fsp3) is 0.310. The number of aryl methyl sites for hydroxylation is 1. The van der Waals surface area contributed by atoms with Gasteiger partial charge < -0.3 is 9.47 Å². The monoisotopic (exact) mass is 484 g/mol. The van der Waals surface area contributed by atoms with Gasteiger partial charge in [-0.3, -0.25) is 0 Å². The van der Waals surface area contributed by atoms with Gasteiger partial charge in [0, 0.05) is 16.7 Å². The lowest BCUT2D eigenvalue weighted by Gasteiger charge is -2.27. The maximum absolute atomic E-state index is 15.0. The lowest BCUT2D eigenvalue weighted by molar-refractivity contribution is 0.00880. The Morgan fingerprint density at radius 1 is 0.857 bits per heavy atom. The number of halogens is 4. The molecule has 1 aliphatic heterocycles. The fourth-order valence-electron chi connectivity index (χ4n) is 4.47. The van der Waals surface area contributed by atoms with E-state index in [0.29, 0.717) is 37.4 Å². The zero-order valence-corrected chi connectivity index (χ0v) is 19.6. The van der Waals surface area contributed by atoms with Crippen LogP contribution < -0.4 is 4.74 Å². The molecule has 35 heavy (non-hydrogen) atoms. The standard InChI is InChI=1S/C29H28F4O2/c1-3-21-11-6-18(17-35-21)5-7-20-10-14-24(28(32)26(20)30)25-16-15-23(27(31)29(25)33)19-8-12-22(13-9-19)34-4-2/h3,8-10,12-16,18,21H,1,4-7,11,17H2,2H3. The second-order valence-corrected chi connectivity index (χ2v) is 8.74. The van der Waals surface area contributed by atoms with Crippen molar-refractivity contribution in [3.05, 3.63) is 90.0 Å². The van der Waals surface area contributed by atoms with E-state index in [-0.39, 0.29) is 34.3 Å². The van der Waals surface area contributed by atoms with Crippen molar-refractivity contribution in [3.8, 4) is 28.0 Å². The molecule has 1 fully saturated rings. The summed E-state index contributed by atoms with van der Waals surface area (Å²) >= 11 is 0. The van der Waals surface area contributed by atoms with Crippen molar-refractivity contribution in [2.45, 2.75) is 38.7 Å². The number of hydrogen-bond donors (Lipinski definition) is 0. The highest BCUT2D eigenvalue weighted by Gasteiger charge is 2.23. The Labute approximate surface area is 203 Å². The highest BCUT2D eigenvalue weighted by Crippen LogP contribution is 2.35. The Balaban J connectivity index is 1.53. The average Bonchev–Trinajstić information content (AvgIpc) is 2.88. The lowest BCUT2D eigenvalue weighted by atomic mass is 9.91. The Hall–Kier alpha value is -3.12. The van der Waals surface area contributed by atoms with Crippen LogP contribution in [0.15, 0.2) is 61.2 Å². The predicted octanol–water partition coefficient (Wildman–Crippen LogP) is 7.89. The SMILES string of the molecule is C=CC1CCC(CCc2ccc(-c3ccc(-c4ccc(OCC)cc4)c(F)c3F)c(F)c2F)CO1. The van der Waals surface area contributed by atoms with Crippen LogP contribution >= 0.6 is 0 Å². The van der Waals surface area contributed by atoms with E-state index in [1.54, 1.807) is 30.3 Å². The molecule has 1 saturated heterocycles. The highest BCUT2D eigenvalue weighted by atomic mass is 19.2. The molecule has 2 nitrogen and oxygen atoms in total. The van der Waals surface area contributed by atoms with Crippen LogP contribution in [-0.2, 0) is 11.2 Å². The summed E-state index contributed by atoms with van der Waals surface area (Å²) in [5.74, 6) is -3.68. The van der Waals surface area contributed by atoms with Crippen LogP contribution in [-0.4, -0.2) is 19.3 Å². The quantitative estimate of drug-likeness (QED) is 0.239. The molecule has 0 aromatic heterocycles. The van der Waals surface area contributed by atoms with Crippen LogP contribution in [0.2, 0.25) is 0 Å². The molecule has 1 heterocycles.